The van der Waals surface area contributed by atoms with Gasteiger partial charge in [-0.3, -0.25) is 4.79 Å². The lowest BCUT2D eigenvalue weighted by molar-refractivity contribution is -0.143. The predicted octanol–water partition coefficient (Wildman–Crippen LogP) is 2.46. The van der Waals surface area contributed by atoms with E-state index in [1.54, 1.807) is 7.05 Å². The summed E-state index contributed by atoms with van der Waals surface area (Å²) in [5.41, 5.74) is 0.968. The van der Waals surface area contributed by atoms with Crippen molar-refractivity contribution < 1.29 is 14.6 Å². The molecule has 2 N–H and O–H groups in total. The molecule has 0 aliphatic carbocycles. The van der Waals surface area contributed by atoms with Crippen LogP contribution in [0.25, 0.3) is 0 Å². The van der Waals surface area contributed by atoms with Crippen LogP contribution in [0.2, 0.25) is 0 Å². The SMILES string of the molecule is CCOc1ccc(C(NC)C(CC)C(=O)O)cc1. The van der Waals surface area contributed by atoms with Gasteiger partial charge < -0.3 is 15.2 Å². The van der Waals surface area contributed by atoms with Crippen LogP contribution in [0.15, 0.2) is 24.3 Å². The lowest BCUT2D eigenvalue weighted by atomic mass is 9.91. The highest BCUT2D eigenvalue weighted by atomic mass is 16.5. The van der Waals surface area contributed by atoms with Crippen LogP contribution in [-0.4, -0.2) is 24.7 Å². The molecule has 1 aromatic carbocycles. The number of carboxylic acids is 1. The van der Waals surface area contributed by atoms with Gasteiger partial charge in [-0.15, -0.1) is 0 Å². The van der Waals surface area contributed by atoms with E-state index < -0.39 is 11.9 Å². The molecule has 0 amide bonds. The summed E-state index contributed by atoms with van der Waals surface area (Å²) < 4.78 is 5.37. The van der Waals surface area contributed by atoms with Crippen molar-refractivity contribution in [1.29, 1.82) is 0 Å². The molecule has 0 fully saturated rings. The maximum Gasteiger partial charge on any atom is 0.308 e. The van der Waals surface area contributed by atoms with Gasteiger partial charge in [0.1, 0.15) is 5.75 Å². The number of rotatable bonds is 7. The van der Waals surface area contributed by atoms with Gasteiger partial charge in [0.25, 0.3) is 0 Å². The van der Waals surface area contributed by atoms with Crippen molar-refractivity contribution in [3.05, 3.63) is 29.8 Å². The standard InChI is InChI=1S/C14H21NO3/c1-4-12(14(16)17)13(15-3)10-6-8-11(9-7-10)18-5-2/h6-9,12-13,15H,4-5H2,1-3H3,(H,16,17). The average molecular weight is 251 g/mol. The summed E-state index contributed by atoms with van der Waals surface area (Å²) in [6, 6.07) is 7.40. The third kappa shape index (κ3) is 3.47. The molecule has 0 radical (unpaired) electrons. The molecule has 0 spiro atoms. The van der Waals surface area contributed by atoms with Crippen LogP contribution in [-0.2, 0) is 4.79 Å². The molecule has 0 saturated heterocycles. The fourth-order valence-electron chi connectivity index (χ4n) is 2.09. The summed E-state index contributed by atoms with van der Waals surface area (Å²) in [5, 5.41) is 12.3. The fourth-order valence-corrected chi connectivity index (χ4v) is 2.09. The summed E-state index contributed by atoms with van der Waals surface area (Å²) in [6.07, 6.45) is 0.591. The average Bonchev–Trinajstić information content (AvgIpc) is 2.37. The van der Waals surface area contributed by atoms with Crippen molar-refractivity contribution in [2.75, 3.05) is 13.7 Å². The number of benzene rings is 1. The Kier molecular flexibility index (Phi) is 5.65. The first-order valence-corrected chi connectivity index (χ1v) is 6.26. The Labute approximate surface area is 108 Å². The predicted molar refractivity (Wildman–Crippen MR) is 70.8 cm³/mol. The van der Waals surface area contributed by atoms with Gasteiger partial charge in [0.05, 0.1) is 12.5 Å². The summed E-state index contributed by atoms with van der Waals surface area (Å²) >= 11 is 0. The topological polar surface area (TPSA) is 58.6 Å². The Morgan fingerprint density at radius 2 is 1.94 bits per heavy atom. The molecule has 0 saturated carbocycles. The lowest BCUT2D eigenvalue weighted by Gasteiger charge is -2.23. The van der Waals surface area contributed by atoms with Gasteiger partial charge in [0.2, 0.25) is 0 Å². The van der Waals surface area contributed by atoms with E-state index in [-0.39, 0.29) is 6.04 Å². The lowest BCUT2D eigenvalue weighted by Crippen LogP contribution is -2.30. The minimum Gasteiger partial charge on any atom is -0.494 e. The quantitative estimate of drug-likeness (QED) is 0.781. The molecule has 4 heteroatoms. The van der Waals surface area contributed by atoms with Gasteiger partial charge >= 0.3 is 5.97 Å². The zero-order valence-electron chi connectivity index (χ0n) is 11.1. The Hall–Kier alpha value is -1.55. The van der Waals surface area contributed by atoms with Crippen LogP contribution >= 0.6 is 0 Å². The minimum absolute atomic E-state index is 0.178. The molecule has 4 nitrogen and oxygen atoms in total. The van der Waals surface area contributed by atoms with Gasteiger partial charge in [-0.25, -0.2) is 0 Å². The van der Waals surface area contributed by atoms with Gasteiger partial charge in [0, 0.05) is 6.04 Å². The largest absolute Gasteiger partial charge is 0.494 e. The van der Waals surface area contributed by atoms with Gasteiger partial charge in [-0.2, -0.15) is 0 Å². The Morgan fingerprint density at radius 3 is 2.33 bits per heavy atom. The highest BCUT2D eigenvalue weighted by Crippen LogP contribution is 2.26. The molecule has 1 aromatic rings. The van der Waals surface area contributed by atoms with E-state index in [4.69, 9.17) is 4.74 Å². The van der Waals surface area contributed by atoms with Gasteiger partial charge in [0.15, 0.2) is 0 Å². The van der Waals surface area contributed by atoms with Crippen LogP contribution in [0.5, 0.6) is 5.75 Å². The summed E-state index contributed by atoms with van der Waals surface area (Å²) in [6.45, 7) is 4.45. The van der Waals surface area contributed by atoms with Crippen LogP contribution in [0.3, 0.4) is 0 Å². The van der Waals surface area contributed by atoms with Crippen molar-refractivity contribution in [3.8, 4) is 5.75 Å². The molecule has 0 aromatic heterocycles. The van der Waals surface area contributed by atoms with E-state index in [1.807, 2.05) is 38.1 Å². The Balaban J connectivity index is 2.90. The zero-order chi connectivity index (χ0) is 13.5. The molecular formula is C14H21NO3. The van der Waals surface area contributed by atoms with Crippen LogP contribution in [0.4, 0.5) is 0 Å². The number of nitrogens with one attached hydrogen (secondary N) is 1. The van der Waals surface area contributed by atoms with Gasteiger partial charge in [-0.1, -0.05) is 19.1 Å². The number of ether oxygens (including phenoxy) is 1. The molecule has 18 heavy (non-hydrogen) atoms. The van der Waals surface area contributed by atoms with Crippen LogP contribution in [0, 0.1) is 5.92 Å². The van der Waals surface area contributed by atoms with Crippen molar-refractivity contribution in [2.45, 2.75) is 26.3 Å². The Bertz CT molecular complexity index is 375. The number of carbonyl (C=O) groups is 1. The molecule has 0 bridgehead atoms. The smallest absolute Gasteiger partial charge is 0.308 e. The van der Waals surface area contributed by atoms with Gasteiger partial charge in [-0.05, 0) is 38.1 Å². The maximum absolute atomic E-state index is 11.2. The van der Waals surface area contributed by atoms with E-state index in [2.05, 4.69) is 5.32 Å². The molecule has 0 aliphatic heterocycles. The minimum atomic E-state index is -0.772. The second-order valence-corrected chi connectivity index (χ2v) is 4.12. The van der Waals surface area contributed by atoms with Crippen molar-refractivity contribution >= 4 is 5.97 Å². The van der Waals surface area contributed by atoms with E-state index in [0.717, 1.165) is 11.3 Å². The van der Waals surface area contributed by atoms with E-state index in [1.165, 1.54) is 0 Å². The van der Waals surface area contributed by atoms with E-state index in [0.29, 0.717) is 13.0 Å². The normalized spacial score (nSPS) is 13.9. The number of carboxylic acid groups (broad SMARTS) is 1. The third-order valence-electron chi connectivity index (χ3n) is 3.02. The van der Waals surface area contributed by atoms with Crippen molar-refractivity contribution in [3.63, 3.8) is 0 Å². The van der Waals surface area contributed by atoms with E-state index >= 15 is 0 Å². The molecule has 2 unspecified atom stereocenters. The first-order chi connectivity index (χ1) is 8.63. The summed E-state index contributed by atoms with van der Waals surface area (Å²) in [5.74, 6) is -0.391. The number of aliphatic carboxylic acids is 1. The maximum atomic E-state index is 11.2. The molecule has 100 valence electrons. The van der Waals surface area contributed by atoms with Crippen molar-refractivity contribution in [1.82, 2.24) is 5.32 Å². The second kappa shape index (κ2) is 7.01. The third-order valence-corrected chi connectivity index (χ3v) is 3.02. The molecule has 2 atom stereocenters. The van der Waals surface area contributed by atoms with E-state index in [9.17, 15) is 9.90 Å². The first-order valence-electron chi connectivity index (χ1n) is 6.26. The monoisotopic (exact) mass is 251 g/mol. The highest BCUT2D eigenvalue weighted by molar-refractivity contribution is 5.71. The van der Waals surface area contributed by atoms with Crippen molar-refractivity contribution in [2.24, 2.45) is 5.92 Å². The summed E-state index contributed by atoms with van der Waals surface area (Å²) in [7, 11) is 1.78. The molecule has 1 rings (SSSR count). The second-order valence-electron chi connectivity index (χ2n) is 4.12. The molecule has 0 heterocycles. The fraction of sp³-hybridized carbons (Fsp3) is 0.500. The molecule has 0 aliphatic rings. The number of hydrogen-bond acceptors (Lipinski definition) is 3. The summed E-state index contributed by atoms with van der Waals surface area (Å²) in [4.78, 5) is 11.2. The number of hydrogen-bond donors (Lipinski definition) is 2. The zero-order valence-corrected chi connectivity index (χ0v) is 11.1. The highest BCUT2D eigenvalue weighted by Gasteiger charge is 2.26. The van der Waals surface area contributed by atoms with Crippen LogP contribution < -0.4 is 10.1 Å². The first kappa shape index (κ1) is 14.5. The van der Waals surface area contributed by atoms with Crippen LogP contribution in [0.1, 0.15) is 31.9 Å². The molecular weight excluding hydrogens is 230 g/mol. The Morgan fingerprint density at radius 1 is 1.33 bits per heavy atom.